The van der Waals surface area contributed by atoms with Crippen LogP contribution in [-0.2, 0) is 0 Å². The molecule has 0 aliphatic heterocycles. The van der Waals surface area contributed by atoms with E-state index in [2.05, 4.69) is 0 Å². The number of Topliss-reactive ketones (excluding diaryl/α,β-unsaturated/α-hetero) is 4. The summed E-state index contributed by atoms with van der Waals surface area (Å²) in [7, 11) is 0. The summed E-state index contributed by atoms with van der Waals surface area (Å²) in [6.45, 7) is 5.79. The van der Waals surface area contributed by atoms with Crippen molar-refractivity contribution in [1.82, 2.24) is 0 Å². The summed E-state index contributed by atoms with van der Waals surface area (Å²) in [5, 5.41) is 0. The average molecular weight is 348 g/mol. The van der Waals surface area contributed by atoms with Gasteiger partial charge in [0.15, 0.2) is 23.1 Å². The largest absolute Gasteiger partial charge is 0.295 e. The van der Waals surface area contributed by atoms with Crippen LogP contribution in [0.2, 0.25) is 0 Å². The lowest BCUT2D eigenvalue weighted by molar-refractivity contribution is 0.0998. The number of rotatable bonds is 6. The maximum Gasteiger partial charge on any atom is 0.160 e. The molecule has 0 fully saturated rings. The minimum Gasteiger partial charge on any atom is -0.295 e. The van der Waals surface area contributed by atoms with Crippen molar-refractivity contribution in [2.45, 2.75) is 27.7 Å². The summed E-state index contributed by atoms with van der Waals surface area (Å²) in [6.07, 6.45) is 3.48. The molecule has 132 valence electrons. The molecule has 0 N–H and O–H groups in total. The fourth-order valence-corrected chi connectivity index (χ4v) is 2.57. The van der Waals surface area contributed by atoms with E-state index in [1.54, 1.807) is 48.6 Å². The second-order valence-corrected chi connectivity index (χ2v) is 6.20. The minimum absolute atomic E-state index is 0.108. The number of hydrogen-bond acceptors (Lipinski definition) is 4. The van der Waals surface area contributed by atoms with Gasteiger partial charge >= 0.3 is 0 Å². The fraction of sp³-hybridized carbons (Fsp3) is 0.182. The van der Waals surface area contributed by atoms with Gasteiger partial charge in [-0.2, -0.15) is 0 Å². The van der Waals surface area contributed by atoms with Crippen molar-refractivity contribution in [2.24, 2.45) is 0 Å². The van der Waals surface area contributed by atoms with Crippen LogP contribution in [0.1, 0.15) is 80.3 Å². The summed E-state index contributed by atoms with van der Waals surface area (Å²) in [5.41, 5.74) is 3.19. The Hall–Kier alpha value is -3.14. The molecule has 0 bridgehead atoms. The van der Waals surface area contributed by atoms with Gasteiger partial charge in [-0.15, -0.1) is 0 Å². The Morgan fingerprint density at radius 2 is 1.15 bits per heavy atom. The van der Waals surface area contributed by atoms with Crippen LogP contribution in [-0.4, -0.2) is 23.1 Å². The van der Waals surface area contributed by atoms with Crippen molar-refractivity contribution >= 4 is 35.3 Å². The first-order valence-corrected chi connectivity index (χ1v) is 8.20. The average Bonchev–Trinajstić information content (AvgIpc) is 2.59. The van der Waals surface area contributed by atoms with Gasteiger partial charge in [0.2, 0.25) is 0 Å². The molecule has 26 heavy (non-hydrogen) atoms. The summed E-state index contributed by atoms with van der Waals surface area (Å²) in [5.74, 6) is -0.506. The summed E-state index contributed by atoms with van der Waals surface area (Å²) in [4.78, 5) is 46.8. The molecule has 0 unspecified atom stereocenters. The molecule has 2 aromatic carbocycles. The first-order valence-electron chi connectivity index (χ1n) is 8.20. The minimum atomic E-state index is -0.144. The van der Waals surface area contributed by atoms with Gasteiger partial charge in [0.05, 0.1) is 0 Å². The van der Waals surface area contributed by atoms with E-state index in [-0.39, 0.29) is 23.1 Å². The standard InChI is InChI=1S/C22H20O4/c1-13(23)19-8-7-18(22(12-19)16(4)26)6-5-17-9-20(14(2)24)11-21(10-17)15(3)25/h5-12H,1-4H3. The van der Waals surface area contributed by atoms with Gasteiger partial charge in [-0.3, -0.25) is 19.2 Å². The van der Waals surface area contributed by atoms with Crippen molar-refractivity contribution in [1.29, 1.82) is 0 Å². The first-order chi connectivity index (χ1) is 12.2. The van der Waals surface area contributed by atoms with Crippen LogP contribution in [0.4, 0.5) is 0 Å². The normalized spacial score (nSPS) is 10.8. The molecule has 0 radical (unpaired) electrons. The maximum atomic E-state index is 11.9. The number of carbonyl (C=O) groups is 4. The molecule has 2 rings (SSSR count). The van der Waals surface area contributed by atoms with E-state index in [0.29, 0.717) is 33.4 Å². The highest BCUT2D eigenvalue weighted by Gasteiger charge is 2.10. The van der Waals surface area contributed by atoms with E-state index in [0.717, 1.165) is 0 Å². The highest BCUT2D eigenvalue weighted by molar-refractivity contribution is 6.03. The Balaban J connectivity index is 2.50. The zero-order chi connectivity index (χ0) is 19.4. The summed E-state index contributed by atoms with van der Waals surface area (Å²) in [6, 6.07) is 9.93. The first kappa shape index (κ1) is 19.2. The lowest BCUT2D eigenvalue weighted by Gasteiger charge is -2.06. The van der Waals surface area contributed by atoms with Crippen LogP contribution in [0.3, 0.4) is 0 Å². The number of ketones is 4. The Morgan fingerprint density at radius 1 is 0.615 bits per heavy atom. The third-order valence-electron chi connectivity index (χ3n) is 4.06. The quantitative estimate of drug-likeness (QED) is 0.562. The van der Waals surface area contributed by atoms with Crippen molar-refractivity contribution in [3.63, 3.8) is 0 Å². The van der Waals surface area contributed by atoms with Gasteiger partial charge in [0.25, 0.3) is 0 Å². The Bertz CT molecular complexity index is 916. The predicted octanol–water partition coefficient (Wildman–Crippen LogP) is 4.67. The molecule has 4 heteroatoms. The number of carbonyl (C=O) groups excluding carboxylic acids is 4. The van der Waals surface area contributed by atoms with Gasteiger partial charge < -0.3 is 0 Å². The Morgan fingerprint density at radius 3 is 1.62 bits per heavy atom. The molecular weight excluding hydrogens is 328 g/mol. The van der Waals surface area contributed by atoms with Crippen LogP contribution in [0.25, 0.3) is 12.2 Å². The highest BCUT2D eigenvalue weighted by atomic mass is 16.1. The van der Waals surface area contributed by atoms with E-state index < -0.39 is 0 Å². The zero-order valence-corrected chi connectivity index (χ0v) is 15.3. The van der Waals surface area contributed by atoms with E-state index in [9.17, 15) is 19.2 Å². The van der Waals surface area contributed by atoms with E-state index in [1.165, 1.54) is 27.7 Å². The van der Waals surface area contributed by atoms with Crippen molar-refractivity contribution in [2.75, 3.05) is 0 Å². The van der Waals surface area contributed by atoms with Gasteiger partial charge in [-0.1, -0.05) is 24.3 Å². The van der Waals surface area contributed by atoms with E-state index in [1.807, 2.05) is 0 Å². The smallest absolute Gasteiger partial charge is 0.160 e. The van der Waals surface area contributed by atoms with Crippen LogP contribution in [0.15, 0.2) is 36.4 Å². The van der Waals surface area contributed by atoms with E-state index in [4.69, 9.17) is 0 Å². The summed E-state index contributed by atoms with van der Waals surface area (Å²) < 4.78 is 0. The van der Waals surface area contributed by atoms with Crippen LogP contribution < -0.4 is 0 Å². The van der Waals surface area contributed by atoms with Gasteiger partial charge in [0, 0.05) is 22.3 Å². The molecule has 0 spiro atoms. The third kappa shape index (κ3) is 4.48. The van der Waals surface area contributed by atoms with Crippen molar-refractivity contribution in [3.8, 4) is 0 Å². The third-order valence-corrected chi connectivity index (χ3v) is 4.06. The fourth-order valence-electron chi connectivity index (χ4n) is 2.57. The molecule has 0 saturated carbocycles. The lowest BCUT2D eigenvalue weighted by atomic mass is 9.97. The van der Waals surface area contributed by atoms with Crippen LogP contribution >= 0.6 is 0 Å². The second-order valence-electron chi connectivity index (χ2n) is 6.20. The topological polar surface area (TPSA) is 68.3 Å². The van der Waals surface area contributed by atoms with Gasteiger partial charge in [-0.05, 0) is 63.1 Å². The van der Waals surface area contributed by atoms with Crippen molar-refractivity contribution in [3.05, 3.63) is 69.8 Å². The second kappa shape index (κ2) is 7.83. The zero-order valence-electron chi connectivity index (χ0n) is 15.3. The van der Waals surface area contributed by atoms with Crippen LogP contribution in [0, 0.1) is 0 Å². The molecule has 4 nitrogen and oxygen atoms in total. The molecule has 0 aromatic heterocycles. The van der Waals surface area contributed by atoms with E-state index >= 15 is 0 Å². The monoisotopic (exact) mass is 348 g/mol. The Kier molecular flexibility index (Phi) is 5.78. The summed E-state index contributed by atoms with van der Waals surface area (Å²) >= 11 is 0. The maximum absolute atomic E-state index is 11.9. The molecule has 0 saturated heterocycles. The molecule has 0 aliphatic rings. The molecule has 0 aliphatic carbocycles. The molecule has 0 atom stereocenters. The molecule has 2 aromatic rings. The molecule has 0 heterocycles. The highest BCUT2D eigenvalue weighted by Crippen LogP contribution is 2.19. The lowest BCUT2D eigenvalue weighted by Crippen LogP contribution is -2.01. The Labute approximate surface area is 152 Å². The molecular formula is C22H20O4. The van der Waals surface area contributed by atoms with Crippen LogP contribution in [0.5, 0.6) is 0 Å². The molecule has 0 amide bonds. The van der Waals surface area contributed by atoms with Gasteiger partial charge in [0.1, 0.15) is 0 Å². The SMILES string of the molecule is CC(=O)c1cc(C=Cc2ccc(C(C)=O)cc2C(C)=O)cc(C(C)=O)c1. The van der Waals surface area contributed by atoms with Gasteiger partial charge in [-0.25, -0.2) is 0 Å². The van der Waals surface area contributed by atoms with Crippen molar-refractivity contribution < 1.29 is 19.2 Å². The number of benzene rings is 2. The number of hydrogen-bond donors (Lipinski definition) is 0. The predicted molar refractivity (Wildman–Crippen MR) is 102 cm³/mol.